The molecule has 122 valence electrons. The van der Waals surface area contributed by atoms with E-state index in [1.807, 2.05) is 31.2 Å². The van der Waals surface area contributed by atoms with E-state index in [1.54, 1.807) is 19.4 Å². The Hall–Kier alpha value is -2.63. The summed E-state index contributed by atoms with van der Waals surface area (Å²) in [5, 5.41) is 2.88. The molecule has 1 N–H and O–H groups in total. The number of carbonyl (C=O) groups excluding carboxylic acids is 1. The van der Waals surface area contributed by atoms with Crippen LogP contribution in [0.15, 0.2) is 36.5 Å². The molecule has 2 rings (SSSR count). The van der Waals surface area contributed by atoms with Crippen molar-refractivity contribution in [2.45, 2.75) is 19.9 Å². The van der Waals surface area contributed by atoms with Crippen molar-refractivity contribution in [3.63, 3.8) is 0 Å². The first-order valence-electron chi connectivity index (χ1n) is 7.39. The van der Waals surface area contributed by atoms with Crippen LogP contribution in [0.3, 0.4) is 0 Å². The zero-order valence-electron chi connectivity index (χ0n) is 13.6. The highest BCUT2D eigenvalue weighted by molar-refractivity contribution is 5.78. The third-order valence-electron chi connectivity index (χ3n) is 3.47. The van der Waals surface area contributed by atoms with Gasteiger partial charge in [-0.2, -0.15) is 4.98 Å². The van der Waals surface area contributed by atoms with Gasteiger partial charge in [0.1, 0.15) is 5.75 Å². The van der Waals surface area contributed by atoms with Crippen LogP contribution in [0.2, 0.25) is 0 Å². The van der Waals surface area contributed by atoms with E-state index in [-0.39, 0.29) is 11.8 Å². The number of hydrogen-bond acceptors (Lipinski definition) is 5. The minimum Gasteiger partial charge on any atom is -0.497 e. The minimum atomic E-state index is -0.132. The molecular weight excluding hydrogens is 294 g/mol. The standard InChI is InChI=1S/C17H21N3O3/c1-12(10-13-4-6-15(22-2)7-5-13)16(21)19-11-14-8-9-18-17(20-14)23-3/h4-9,12H,10-11H2,1-3H3,(H,19,21). The molecule has 0 aliphatic rings. The lowest BCUT2D eigenvalue weighted by Crippen LogP contribution is -2.30. The molecule has 0 saturated heterocycles. The van der Waals surface area contributed by atoms with Gasteiger partial charge < -0.3 is 14.8 Å². The molecule has 6 heteroatoms. The van der Waals surface area contributed by atoms with Gasteiger partial charge >= 0.3 is 6.01 Å². The first-order chi connectivity index (χ1) is 11.1. The summed E-state index contributed by atoms with van der Waals surface area (Å²) >= 11 is 0. The van der Waals surface area contributed by atoms with Crippen molar-refractivity contribution in [1.29, 1.82) is 0 Å². The van der Waals surface area contributed by atoms with Crippen molar-refractivity contribution in [2.75, 3.05) is 14.2 Å². The summed E-state index contributed by atoms with van der Waals surface area (Å²) in [5.41, 5.74) is 1.80. The lowest BCUT2D eigenvalue weighted by atomic mass is 10.0. The molecular formula is C17H21N3O3. The summed E-state index contributed by atoms with van der Waals surface area (Å²) in [7, 11) is 3.14. The van der Waals surface area contributed by atoms with Gasteiger partial charge in [0.25, 0.3) is 0 Å². The topological polar surface area (TPSA) is 73.3 Å². The molecule has 2 aromatic rings. The predicted octanol–water partition coefficient (Wildman–Crippen LogP) is 1.99. The third-order valence-corrected chi connectivity index (χ3v) is 3.47. The number of hydrogen-bond donors (Lipinski definition) is 1. The van der Waals surface area contributed by atoms with Crippen molar-refractivity contribution < 1.29 is 14.3 Å². The SMILES string of the molecule is COc1ccc(CC(C)C(=O)NCc2ccnc(OC)n2)cc1. The van der Waals surface area contributed by atoms with Crippen LogP contribution in [-0.4, -0.2) is 30.1 Å². The molecule has 0 bridgehead atoms. The number of amides is 1. The Balaban J connectivity index is 1.86. The van der Waals surface area contributed by atoms with Crippen LogP contribution in [0.1, 0.15) is 18.2 Å². The smallest absolute Gasteiger partial charge is 0.316 e. The fourth-order valence-corrected chi connectivity index (χ4v) is 2.13. The highest BCUT2D eigenvalue weighted by Gasteiger charge is 2.13. The second-order valence-electron chi connectivity index (χ2n) is 5.21. The molecule has 0 aliphatic heterocycles. The first-order valence-corrected chi connectivity index (χ1v) is 7.39. The van der Waals surface area contributed by atoms with Gasteiger partial charge in [0, 0.05) is 12.1 Å². The van der Waals surface area contributed by atoms with Gasteiger partial charge in [-0.15, -0.1) is 0 Å². The molecule has 1 heterocycles. The quantitative estimate of drug-likeness (QED) is 0.846. The van der Waals surface area contributed by atoms with Crippen molar-refractivity contribution in [3.05, 3.63) is 47.8 Å². The Kier molecular flexibility index (Phi) is 5.91. The summed E-state index contributed by atoms with van der Waals surface area (Å²) in [6.45, 7) is 2.25. The highest BCUT2D eigenvalue weighted by atomic mass is 16.5. The summed E-state index contributed by atoms with van der Waals surface area (Å²) in [5.74, 6) is 0.661. The van der Waals surface area contributed by atoms with Gasteiger partial charge in [-0.3, -0.25) is 4.79 Å². The molecule has 0 spiro atoms. The summed E-state index contributed by atoms with van der Waals surface area (Å²) in [4.78, 5) is 20.3. The van der Waals surface area contributed by atoms with Gasteiger partial charge in [0.2, 0.25) is 5.91 Å². The van der Waals surface area contributed by atoms with E-state index in [1.165, 1.54) is 7.11 Å². The molecule has 1 aromatic carbocycles. The Morgan fingerprint density at radius 1 is 1.17 bits per heavy atom. The van der Waals surface area contributed by atoms with Gasteiger partial charge in [-0.1, -0.05) is 19.1 Å². The van der Waals surface area contributed by atoms with Crippen LogP contribution >= 0.6 is 0 Å². The van der Waals surface area contributed by atoms with E-state index in [0.717, 1.165) is 11.3 Å². The second-order valence-corrected chi connectivity index (χ2v) is 5.21. The Morgan fingerprint density at radius 3 is 2.57 bits per heavy atom. The number of nitrogens with one attached hydrogen (secondary N) is 1. The van der Waals surface area contributed by atoms with Gasteiger partial charge in [-0.05, 0) is 30.2 Å². The van der Waals surface area contributed by atoms with Crippen molar-refractivity contribution in [3.8, 4) is 11.8 Å². The highest BCUT2D eigenvalue weighted by Crippen LogP contribution is 2.14. The number of nitrogens with zero attached hydrogens (tertiary/aromatic N) is 2. The number of ether oxygens (including phenoxy) is 2. The Labute approximate surface area is 135 Å². The van der Waals surface area contributed by atoms with Crippen LogP contribution in [0, 0.1) is 5.92 Å². The fourth-order valence-electron chi connectivity index (χ4n) is 2.13. The lowest BCUT2D eigenvalue weighted by molar-refractivity contribution is -0.124. The van der Waals surface area contributed by atoms with Crippen LogP contribution in [-0.2, 0) is 17.8 Å². The number of rotatable bonds is 7. The maximum atomic E-state index is 12.2. The maximum Gasteiger partial charge on any atom is 0.316 e. The monoisotopic (exact) mass is 315 g/mol. The van der Waals surface area contributed by atoms with E-state index in [2.05, 4.69) is 15.3 Å². The normalized spacial score (nSPS) is 11.6. The molecule has 23 heavy (non-hydrogen) atoms. The Morgan fingerprint density at radius 2 is 1.91 bits per heavy atom. The second kappa shape index (κ2) is 8.12. The Bertz CT molecular complexity index is 644. The van der Waals surface area contributed by atoms with Crippen LogP contribution in [0.4, 0.5) is 0 Å². The van der Waals surface area contributed by atoms with Gasteiger partial charge in [-0.25, -0.2) is 4.98 Å². The summed E-state index contributed by atoms with van der Waals surface area (Å²) in [6, 6.07) is 9.77. The van der Waals surface area contributed by atoms with E-state index in [4.69, 9.17) is 9.47 Å². The van der Waals surface area contributed by atoms with Crippen molar-refractivity contribution in [1.82, 2.24) is 15.3 Å². The fraction of sp³-hybridized carbons (Fsp3) is 0.353. The third kappa shape index (κ3) is 4.95. The van der Waals surface area contributed by atoms with E-state index < -0.39 is 0 Å². The summed E-state index contributed by atoms with van der Waals surface area (Å²) in [6.07, 6.45) is 2.27. The first kappa shape index (κ1) is 16.7. The molecule has 0 radical (unpaired) electrons. The molecule has 0 aliphatic carbocycles. The molecule has 1 aromatic heterocycles. The van der Waals surface area contributed by atoms with E-state index in [0.29, 0.717) is 24.7 Å². The number of carbonyl (C=O) groups is 1. The molecule has 1 atom stereocenters. The zero-order chi connectivity index (χ0) is 16.7. The average molecular weight is 315 g/mol. The zero-order valence-corrected chi connectivity index (χ0v) is 13.6. The van der Waals surface area contributed by atoms with E-state index in [9.17, 15) is 4.79 Å². The molecule has 6 nitrogen and oxygen atoms in total. The molecule has 1 unspecified atom stereocenters. The van der Waals surface area contributed by atoms with Crippen LogP contribution < -0.4 is 14.8 Å². The van der Waals surface area contributed by atoms with Crippen LogP contribution in [0.25, 0.3) is 0 Å². The van der Waals surface area contributed by atoms with Gasteiger partial charge in [0.05, 0.1) is 26.5 Å². The number of methoxy groups -OCH3 is 2. The lowest BCUT2D eigenvalue weighted by Gasteiger charge is -2.12. The predicted molar refractivity (Wildman–Crippen MR) is 86.3 cm³/mol. The van der Waals surface area contributed by atoms with E-state index >= 15 is 0 Å². The molecule has 0 saturated carbocycles. The maximum absolute atomic E-state index is 12.2. The minimum absolute atomic E-state index is 0.0154. The molecule has 0 fully saturated rings. The van der Waals surface area contributed by atoms with Crippen molar-refractivity contribution >= 4 is 5.91 Å². The van der Waals surface area contributed by atoms with Crippen molar-refractivity contribution in [2.24, 2.45) is 5.92 Å². The number of benzene rings is 1. The van der Waals surface area contributed by atoms with Gasteiger partial charge in [0.15, 0.2) is 0 Å². The molecule has 1 amide bonds. The number of aromatic nitrogens is 2. The largest absolute Gasteiger partial charge is 0.497 e. The van der Waals surface area contributed by atoms with Crippen LogP contribution in [0.5, 0.6) is 11.8 Å². The average Bonchev–Trinajstić information content (AvgIpc) is 2.60. The summed E-state index contributed by atoms with van der Waals surface area (Å²) < 4.78 is 10.1.